The summed E-state index contributed by atoms with van der Waals surface area (Å²) in [4.78, 5) is 48.4. The molecule has 0 aliphatic carbocycles. The molecule has 0 aromatic carbocycles. The lowest BCUT2D eigenvalue weighted by Crippen LogP contribution is -2.15. The van der Waals surface area contributed by atoms with Crippen LogP contribution in [0.2, 0.25) is 0 Å². The number of carbonyl (C=O) groups excluding carboxylic acids is 2. The van der Waals surface area contributed by atoms with Gasteiger partial charge in [0, 0.05) is 0 Å². The van der Waals surface area contributed by atoms with Gasteiger partial charge in [-0.25, -0.2) is 19.6 Å². The Morgan fingerprint density at radius 2 is 0.903 bits per heavy atom. The van der Waals surface area contributed by atoms with Crippen molar-refractivity contribution in [1.82, 2.24) is 29.9 Å². The first-order valence-electron chi connectivity index (χ1n) is 6.94. The van der Waals surface area contributed by atoms with Gasteiger partial charge in [0.05, 0.1) is 0 Å². The second-order valence-electron chi connectivity index (χ2n) is 4.69. The van der Waals surface area contributed by atoms with E-state index in [0.717, 1.165) is 0 Å². The van der Waals surface area contributed by atoms with Crippen LogP contribution < -0.4 is 0 Å². The molecule has 2 aromatic rings. The topological polar surface area (TPSA) is 136 Å². The van der Waals surface area contributed by atoms with E-state index in [1.807, 2.05) is 0 Å². The summed E-state index contributed by atoms with van der Waals surface area (Å²) in [5, 5.41) is 0. The van der Waals surface area contributed by atoms with Crippen LogP contribution in [0.3, 0.4) is 0 Å². The molecule has 0 aliphatic heterocycles. The van der Waals surface area contributed by atoms with Crippen molar-refractivity contribution in [2.75, 3.05) is 0 Å². The highest BCUT2D eigenvalue weighted by molar-refractivity contribution is 6.67. The molecule has 166 valence electrons. The van der Waals surface area contributed by atoms with Crippen LogP contribution in [0.4, 0.5) is 11.9 Å². The zero-order valence-corrected chi connectivity index (χ0v) is 21.1. The third-order valence-corrected chi connectivity index (χ3v) is 3.93. The van der Waals surface area contributed by atoms with Gasteiger partial charge in [-0.3, -0.25) is 0 Å². The van der Waals surface area contributed by atoms with Crippen LogP contribution in [-0.2, 0) is 21.0 Å². The largest absolute Gasteiger partial charge is 0.264 e. The summed E-state index contributed by atoms with van der Waals surface area (Å²) in [5.74, 6) is -0.938. The van der Waals surface area contributed by atoms with Gasteiger partial charge in [0.1, 0.15) is 5.82 Å². The van der Waals surface area contributed by atoms with Gasteiger partial charge in [-0.1, -0.05) is 104 Å². The maximum atomic E-state index is 10.1. The molecule has 0 bridgehead atoms. The first kappa shape index (κ1) is 28.4. The van der Waals surface area contributed by atoms with Crippen molar-refractivity contribution in [3.05, 3.63) is 23.3 Å². The first-order chi connectivity index (χ1) is 14.1. The third-order valence-electron chi connectivity index (χ3n) is 2.41. The van der Waals surface area contributed by atoms with Gasteiger partial charge in [0.2, 0.25) is 23.5 Å². The summed E-state index contributed by atoms with van der Waals surface area (Å²) in [7, 11) is 0. The fraction of sp³-hybridized carbons (Fsp3) is 0.333. The minimum atomic E-state index is -1.97. The molecule has 0 N–H and O–H groups in total. The van der Waals surface area contributed by atoms with Gasteiger partial charge in [0.15, 0.2) is 17.5 Å². The maximum absolute atomic E-state index is 10.1. The molecule has 10 nitrogen and oxygen atoms in total. The number of nitrogens with zero attached hydrogens (tertiary/aromatic N) is 8. The highest BCUT2D eigenvalue weighted by atomic mass is 35.6. The van der Waals surface area contributed by atoms with E-state index in [4.69, 9.17) is 104 Å². The van der Waals surface area contributed by atoms with Crippen molar-refractivity contribution in [3.8, 4) is 0 Å². The average Bonchev–Trinajstić information content (AvgIpc) is 2.60. The predicted molar refractivity (Wildman–Crippen MR) is 118 cm³/mol. The number of halogens is 9. The molecule has 0 atom stereocenters. The molecule has 0 aliphatic rings. The van der Waals surface area contributed by atoms with Crippen LogP contribution in [0.15, 0.2) is 9.98 Å². The molecule has 2 heterocycles. The van der Waals surface area contributed by atoms with Crippen molar-refractivity contribution in [2.24, 2.45) is 9.98 Å². The molecule has 31 heavy (non-hydrogen) atoms. The van der Waals surface area contributed by atoms with E-state index in [-0.39, 0.29) is 29.4 Å². The number of aryl methyl sites for hydroxylation is 1. The van der Waals surface area contributed by atoms with Crippen molar-refractivity contribution in [2.45, 2.75) is 18.3 Å². The summed E-state index contributed by atoms with van der Waals surface area (Å²) in [6.45, 7) is 1.56. The van der Waals surface area contributed by atoms with E-state index in [1.165, 1.54) is 12.2 Å². The molecule has 2 rings (SSSR count). The van der Waals surface area contributed by atoms with Gasteiger partial charge >= 0.3 is 0 Å². The Kier molecular flexibility index (Phi) is 10.5. The minimum Gasteiger partial charge on any atom is -0.213 e. The number of hydrogen-bond donors (Lipinski definition) is 0. The van der Waals surface area contributed by atoms with E-state index in [1.54, 1.807) is 6.92 Å². The summed E-state index contributed by atoms with van der Waals surface area (Å²) in [5.41, 5.74) is 0. The highest BCUT2D eigenvalue weighted by Crippen LogP contribution is 2.40. The average molecular weight is 610 g/mol. The van der Waals surface area contributed by atoms with Gasteiger partial charge < -0.3 is 0 Å². The number of aromatic nitrogens is 6. The molecule has 19 heteroatoms. The smallest absolute Gasteiger partial charge is 0.213 e. The Hall–Kier alpha value is -0.610. The Morgan fingerprint density at radius 1 is 0.581 bits per heavy atom. The zero-order valence-electron chi connectivity index (χ0n) is 14.3. The summed E-state index contributed by atoms with van der Waals surface area (Å²) >= 11 is 50.0. The monoisotopic (exact) mass is 606 g/mol. The first-order valence-corrected chi connectivity index (χ1v) is 10.3. The number of alkyl halides is 9. The van der Waals surface area contributed by atoms with Gasteiger partial charge in [-0.05, 0) is 6.92 Å². The molecular formula is C12H3Cl9N8O2. The lowest BCUT2D eigenvalue weighted by molar-refractivity contribution is 0.564. The quantitative estimate of drug-likeness (QED) is 0.248. The van der Waals surface area contributed by atoms with Crippen molar-refractivity contribution < 1.29 is 9.59 Å². The normalized spacial score (nSPS) is 11.5. The van der Waals surface area contributed by atoms with Crippen LogP contribution in [0.25, 0.3) is 0 Å². The Balaban J connectivity index is 0.000000316. The molecule has 0 amide bonds. The third kappa shape index (κ3) is 9.82. The van der Waals surface area contributed by atoms with Gasteiger partial charge in [-0.15, -0.1) is 9.98 Å². The SMILES string of the molecule is Cc1nc(N=C=O)nc(C(Cl)(Cl)Cl)n1.O=C=Nc1nc(C(Cl)(Cl)Cl)nc(C(Cl)(Cl)Cl)n1. The lowest BCUT2D eigenvalue weighted by atomic mass is 10.6. The number of rotatable bonds is 2. The Labute approximate surface area is 218 Å². The van der Waals surface area contributed by atoms with Crippen molar-refractivity contribution in [1.29, 1.82) is 0 Å². The van der Waals surface area contributed by atoms with E-state index in [0.29, 0.717) is 5.82 Å². The molecule has 2 aromatic heterocycles. The Bertz CT molecular complexity index is 1010. The van der Waals surface area contributed by atoms with Crippen LogP contribution >= 0.6 is 104 Å². The highest BCUT2D eigenvalue weighted by Gasteiger charge is 2.33. The fourth-order valence-corrected chi connectivity index (χ4v) is 2.16. The molecule has 0 radical (unpaired) electrons. The van der Waals surface area contributed by atoms with E-state index in [9.17, 15) is 9.59 Å². The second-order valence-corrected chi connectivity index (χ2v) is 11.5. The summed E-state index contributed by atoms with van der Waals surface area (Å²) < 4.78 is -5.71. The zero-order chi connectivity index (χ0) is 24.0. The van der Waals surface area contributed by atoms with Crippen LogP contribution in [0, 0.1) is 6.92 Å². The molecule has 0 saturated carbocycles. The van der Waals surface area contributed by atoms with Crippen molar-refractivity contribution >= 4 is 128 Å². The summed E-state index contributed by atoms with van der Waals surface area (Å²) in [6, 6.07) is 0. The predicted octanol–water partition coefficient (Wildman–Crippen LogP) is 5.47. The van der Waals surface area contributed by atoms with E-state index >= 15 is 0 Å². The van der Waals surface area contributed by atoms with Gasteiger partial charge in [-0.2, -0.15) is 19.9 Å². The summed E-state index contributed by atoms with van der Waals surface area (Å²) in [6.07, 6.45) is 2.49. The van der Waals surface area contributed by atoms with E-state index < -0.39 is 11.4 Å². The van der Waals surface area contributed by atoms with E-state index in [2.05, 4.69) is 39.9 Å². The van der Waals surface area contributed by atoms with Crippen molar-refractivity contribution in [3.63, 3.8) is 0 Å². The molecule has 0 fully saturated rings. The lowest BCUT2D eigenvalue weighted by Gasteiger charge is -2.13. The number of aliphatic imine (C=N–C) groups is 2. The molecule has 0 unspecified atom stereocenters. The Morgan fingerprint density at radius 3 is 1.23 bits per heavy atom. The molecule has 0 spiro atoms. The van der Waals surface area contributed by atoms with Crippen LogP contribution in [-0.4, -0.2) is 42.1 Å². The number of isocyanates is 2. The second kappa shape index (κ2) is 11.5. The number of hydrogen-bond acceptors (Lipinski definition) is 10. The molecule has 0 saturated heterocycles. The van der Waals surface area contributed by atoms with Gasteiger partial charge in [0.25, 0.3) is 11.9 Å². The standard InChI is InChI=1S/C6Cl6N4O.C6H3Cl3N4O/c7-5(8,9)2-14-3(6(10,11)12)16-4(15-2)13-1-17;1-3-11-4(6(7,8)9)13-5(12-3)10-2-14/h;1H3. The van der Waals surface area contributed by atoms with Crippen LogP contribution in [0.1, 0.15) is 23.3 Å². The minimum absolute atomic E-state index is 0.0796. The molecular weight excluding hydrogens is 607 g/mol. The maximum Gasteiger partial charge on any atom is 0.264 e. The fourth-order valence-electron chi connectivity index (χ4n) is 1.39. The van der Waals surface area contributed by atoms with Crippen LogP contribution in [0.5, 0.6) is 0 Å².